The largest absolute Gasteiger partial charge is 0.347 e. The lowest BCUT2D eigenvalue weighted by Gasteiger charge is -2.65. The van der Waals surface area contributed by atoms with Gasteiger partial charge < -0.3 is 9.47 Å². The SMILES string of the molecule is CCC1CCC2(C)C3CCC4(C)C(C(C)CCCC(C)C)CCC4C3CC3(OCCO3)C2C1. The molecule has 5 fully saturated rings. The Kier molecular flexibility index (Phi) is 6.78. The van der Waals surface area contributed by atoms with Crippen LogP contribution in [0.2, 0.25) is 0 Å². The van der Waals surface area contributed by atoms with Crippen LogP contribution in [0.3, 0.4) is 0 Å². The molecule has 33 heavy (non-hydrogen) atoms. The van der Waals surface area contributed by atoms with Gasteiger partial charge in [0.2, 0.25) is 0 Å². The first-order chi connectivity index (χ1) is 15.7. The van der Waals surface area contributed by atoms with Crippen molar-refractivity contribution in [3.63, 3.8) is 0 Å². The molecule has 5 aliphatic rings. The fourth-order valence-corrected chi connectivity index (χ4v) is 10.6. The summed E-state index contributed by atoms with van der Waals surface area (Å²) < 4.78 is 13.3. The van der Waals surface area contributed by atoms with Gasteiger partial charge in [0.25, 0.3) is 0 Å². The van der Waals surface area contributed by atoms with E-state index in [-0.39, 0.29) is 5.79 Å². The van der Waals surface area contributed by atoms with Crippen molar-refractivity contribution >= 4 is 0 Å². The van der Waals surface area contributed by atoms with Crippen molar-refractivity contribution in [2.75, 3.05) is 13.2 Å². The molecule has 9 unspecified atom stereocenters. The van der Waals surface area contributed by atoms with Gasteiger partial charge in [0, 0.05) is 12.3 Å². The Morgan fingerprint density at radius 3 is 2.24 bits per heavy atom. The predicted molar refractivity (Wildman–Crippen MR) is 137 cm³/mol. The summed E-state index contributed by atoms with van der Waals surface area (Å²) in [6.07, 6.45) is 16.8. The van der Waals surface area contributed by atoms with Gasteiger partial charge in [-0.2, -0.15) is 0 Å². The van der Waals surface area contributed by atoms with Crippen LogP contribution in [0.15, 0.2) is 0 Å². The lowest BCUT2D eigenvalue weighted by molar-refractivity contribution is -0.295. The second kappa shape index (κ2) is 9.10. The molecule has 0 aromatic heterocycles. The minimum atomic E-state index is -0.261. The molecule has 4 saturated carbocycles. The molecule has 190 valence electrons. The van der Waals surface area contributed by atoms with Crippen LogP contribution < -0.4 is 0 Å². The first kappa shape index (κ1) is 24.6. The Hall–Kier alpha value is -0.0800. The highest BCUT2D eigenvalue weighted by Crippen LogP contribution is 2.71. The van der Waals surface area contributed by atoms with E-state index in [9.17, 15) is 0 Å². The zero-order valence-electron chi connectivity index (χ0n) is 22.8. The Labute approximate surface area is 205 Å². The molecular weight excluding hydrogens is 404 g/mol. The molecule has 4 aliphatic carbocycles. The van der Waals surface area contributed by atoms with E-state index in [1.807, 2.05) is 0 Å². The fraction of sp³-hybridized carbons (Fsp3) is 1.00. The summed E-state index contributed by atoms with van der Waals surface area (Å²) >= 11 is 0. The Balaban J connectivity index is 1.39. The Bertz CT molecular complexity index is 680. The molecule has 5 rings (SSSR count). The highest BCUT2D eigenvalue weighted by Gasteiger charge is 2.67. The summed E-state index contributed by atoms with van der Waals surface area (Å²) in [5.74, 6) is 6.49. The lowest BCUT2D eigenvalue weighted by atomic mass is 9.42. The molecule has 0 aromatic carbocycles. The van der Waals surface area contributed by atoms with Gasteiger partial charge in [0.15, 0.2) is 5.79 Å². The van der Waals surface area contributed by atoms with E-state index in [4.69, 9.17) is 9.47 Å². The second-order valence-corrected chi connectivity index (χ2v) is 14.2. The number of ether oxygens (including phenoxy) is 2. The van der Waals surface area contributed by atoms with Crippen molar-refractivity contribution in [3.05, 3.63) is 0 Å². The lowest BCUT2D eigenvalue weighted by Crippen LogP contribution is -2.63. The van der Waals surface area contributed by atoms with Crippen LogP contribution in [-0.4, -0.2) is 19.0 Å². The van der Waals surface area contributed by atoms with Crippen LogP contribution in [0.4, 0.5) is 0 Å². The third-order valence-corrected chi connectivity index (χ3v) is 12.3. The molecule has 0 aromatic rings. The van der Waals surface area contributed by atoms with Crippen LogP contribution >= 0.6 is 0 Å². The summed E-state index contributed by atoms with van der Waals surface area (Å²) in [6, 6.07) is 0. The average Bonchev–Trinajstić information content (AvgIpc) is 3.38. The summed E-state index contributed by atoms with van der Waals surface area (Å²) in [5, 5.41) is 0. The van der Waals surface area contributed by atoms with Crippen molar-refractivity contribution in [2.24, 2.45) is 58.2 Å². The fourth-order valence-electron chi connectivity index (χ4n) is 10.6. The summed E-state index contributed by atoms with van der Waals surface area (Å²) in [7, 11) is 0. The van der Waals surface area contributed by atoms with E-state index < -0.39 is 0 Å². The Morgan fingerprint density at radius 2 is 1.55 bits per heavy atom. The second-order valence-electron chi connectivity index (χ2n) is 14.2. The van der Waals surface area contributed by atoms with Crippen LogP contribution in [0.5, 0.6) is 0 Å². The molecule has 2 heteroatoms. The molecule has 9 atom stereocenters. The van der Waals surface area contributed by atoms with E-state index in [1.165, 1.54) is 77.0 Å². The molecular formula is C31H54O2. The summed E-state index contributed by atoms with van der Waals surface area (Å²) in [6.45, 7) is 16.8. The van der Waals surface area contributed by atoms with Gasteiger partial charge in [0.1, 0.15) is 0 Å². The minimum absolute atomic E-state index is 0.261. The molecule has 0 bridgehead atoms. The molecule has 1 heterocycles. The molecule has 0 N–H and O–H groups in total. The average molecular weight is 459 g/mol. The van der Waals surface area contributed by atoms with E-state index in [1.54, 1.807) is 0 Å². The molecule has 1 aliphatic heterocycles. The number of fused-ring (bicyclic) bond motifs is 6. The van der Waals surface area contributed by atoms with Crippen molar-refractivity contribution in [1.82, 2.24) is 0 Å². The third kappa shape index (κ3) is 3.96. The van der Waals surface area contributed by atoms with E-state index in [0.29, 0.717) is 16.7 Å². The summed E-state index contributed by atoms with van der Waals surface area (Å²) in [4.78, 5) is 0. The van der Waals surface area contributed by atoms with Gasteiger partial charge in [-0.05, 0) is 97.2 Å². The molecule has 0 amide bonds. The van der Waals surface area contributed by atoms with E-state index >= 15 is 0 Å². The number of rotatable bonds is 6. The highest BCUT2D eigenvalue weighted by atomic mass is 16.7. The van der Waals surface area contributed by atoms with Gasteiger partial charge in [-0.15, -0.1) is 0 Å². The molecule has 1 saturated heterocycles. The third-order valence-electron chi connectivity index (χ3n) is 12.3. The molecule has 2 nitrogen and oxygen atoms in total. The standard InChI is InChI=1S/C31H54O2/c1-7-23-13-15-30(6)27-14-16-29(5)25(22(4)10-8-9-21(2)3)11-12-26(29)24(27)20-31(28(30)19-23)32-17-18-33-31/h21-28H,7-20H2,1-6H3. The highest BCUT2D eigenvalue weighted by molar-refractivity contribution is 5.13. The van der Waals surface area contributed by atoms with Crippen LogP contribution in [0, 0.1) is 58.2 Å². The van der Waals surface area contributed by atoms with Crippen LogP contribution in [0.1, 0.15) is 119 Å². The monoisotopic (exact) mass is 458 g/mol. The van der Waals surface area contributed by atoms with Gasteiger partial charge >= 0.3 is 0 Å². The quantitative estimate of drug-likeness (QED) is 0.397. The minimum Gasteiger partial charge on any atom is -0.347 e. The first-order valence-electron chi connectivity index (χ1n) is 15.0. The maximum absolute atomic E-state index is 6.67. The smallest absolute Gasteiger partial charge is 0.172 e. The first-order valence-corrected chi connectivity index (χ1v) is 15.0. The number of hydrogen-bond donors (Lipinski definition) is 0. The zero-order valence-corrected chi connectivity index (χ0v) is 22.8. The number of hydrogen-bond acceptors (Lipinski definition) is 2. The van der Waals surface area contributed by atoms with Crippen molar-refractivity contribution in [2.45, 2.75) is 124 Å². The van der Waals surface area contributed by atoms with Crippen molar-refractivity contribution < 1.29 is 9.47 Å². The van der Waals surface area contributed by atoms with Crippen molar-refractivity contribution in [3.8, 4) is 0 Å². The predicted octanol–water partition coefficient (Wildman–Crippen LogP) is 8.49. The van der Waals surface area contributed by atoms with Gasteiger partial charge in [-0.3, -0.25) is 0 Å². The van der Waals surface area contributed by atoms with Crippen LogP contribution in [-0.2, 0) is 9.47 Å². The van der Waals surface area contributed by atoms with Gasteiger partial charge in [-0.1, -0.05) is 67.2 Å². The van der Waals surface area contributed by atoms with Crippen molar-refractivity contribution in [1.29, 1.82) is 0 Å². The maximum Gasteiger partial charge on any atom is 0.172 e. The maximum atomic E-state index is 6.67. The zero-order chi connectivity index (χ0) is 23.4. The summed E-state index contributed by atoms with van der Waals surface area (Å²) in [5.41, 5.74) is 0.962. The van der Waals surface area contributed by atoms with Crippen LogP contribution in [0.25, 0.3) is 0 Å². The topological polar surface area (TPSA) is 18.5 Å². The van der Waals surface area contributed by atoms with Gasteiger partial charge in [0.05, 0.1) is 13.2 Å². The molecule has 1 spiro atoms. The normalized spacial score (nSPS) is 47.4. The van der Waals surface area contributed by atoms with E-state index in [0.717, 1.165) is 54.6 Å². The molecule has 0 radical (unpaired) electrons. The van der Waals surface area contributed by atoms with Gasteiger partial charge in [-0.25, -0.2) is 0 Å². The van der Waals surface area contributed by atoms with E-state index in [2.05, 4.69) is 41.5 Å². The Morgan fingerprint density at radius 1 is 0.848 bits per heavy atom.